The SMILES string of the molecule is C=CCNCCCNS(=O)(=O)c1cc(S(=O)(=O)NCCCNC(=C)C(=C)C)c2ccc3c(S(=O)(=O)NCCCNC(=O)C(=C)C)cc(OC(C)=O)c4ccc1c2c43. The second-order valence-corrected chi connectivity index (χ2v) is 18.6. The number of sulfonamides is 3. The van der Waals surface area contributed by atoms with Gasteiger partial charge in [0.05, 0.1) is 14.7 Å². The molecule has 18 heteroatoms. The molecule has 0 fully saturated rings. The minimum Gasteiger partial charge on any atom is -0.426 e. The zero-order valence-electron chi connectivity index (χ0n) is 32.3. The van der Waals surface area contributed by atoms with Gasteiger partial charge in [-0.25, -0.2) is 39.4 Å². The number of amides is 1. The van der Waals surface area contributed by atoms with Gasteiger partial charge in [0.2, 0.25) is 36.0 Å². The van der Waals surface area contributed by atoms with E-state index >= 15 is 0 Å². The van der Waals surface area contributed by atoms with Crippen LogP contribution in [0.2, 0.25) is 0 Å². The molecule has 57 heavy (non-hydrogen) atoms. The standard InChI is InChI=1S/C39H50N6O9S3/c1-8-16-40-17-9-20-43-56(50,51)35-24-36(57(52,53)45-21-10-18-41-27(6)25(2)3)32-15-14-30-34(55(48,49)44-22-11-19-42-39(47)26(4)5)23-33(54-28(7)46)29-12-13-31(35)38(32)37(29)30/h8,12-15,23-24,40-41,43-45H,1-2,4,6,9-11,16-22H2,3,5,7H3,(H,42,47). The van der Waals surface area contributed by atoms with Gasteiger partial charge >= 0.3 is 5.97 Å². The van der Waals surface area contributed by atoms with E-state index in [1.807, 2.05) is 0 Å². The highest BCUT2D eigenvalue weighted by molar-refractivity contribution is 7.90. The molecule has 0 spiro atoms. The fraction of sp³-hybridized carbons (Fsp3) is 0.333. The number of rotatable bonds is 24. The van der Waals surface area contributed by atoms with Crippen molar-refractivity contribution in [1.82, 2.24) is 30.1 Å². The van der Waals surface area contributed by atoms with E-state index in [-0.39, 0.29) is 91.3 Å². The van der Waals surface area contributed by atoms with Gasteiger partial charge in [0.25, 0.3) is 0 Å². The highest BCUT2D eigenvalue weighted by Crippen LogP contribution is 2.45. The van der Waals surface area contributed by atoms with Gasteiger partial charge in [0.1, 0.15) is 5.75 Å². The number of benzene rings is 4. The Balaban J connectivity index is 1.90. The predicted octanol–water partition coefficient (Wildman–Crippen LogP) is 3.66. The van der Waals surface area contributed by atoms with Gasteiger partial charge in [-0.3, -0.25) is 9.59 Å². The van der Waals surface area contributed by atoms with Crippen LogP contribution in [0, 0.1) is 0 Å². The molecular formula is C39H50N6O9S3. The first-order valence-corrected chi connectivity index (χ1v) is 22.6. The van der Waals surface area contributed by atoms with Crippen LogP contribution in [-0.2, 0) is 39.7 Å². The van der Waals surface area contributed by atoms with Crippen molar-refractivity contribution in [2.75, 3.05) is 45.8 Å². The Morgan fingerprint density at radius 1 is 0.614 bits per heavy atom. The molecule has 0 aromatic heterocycles. The maximum absolute atomic E-state index is 14.1. The maximum atomic E-state index is 14.1. The monoisotopic (exact) mass is 842 g/mol. The molecule has 4 rings (SSSR count). The molecule has 308 valence electrons. The number of nitrogens with one attached hydrogen (secondary N) is 6. The molecule has 0 aliphatic heterocycles. The lowest BCUT2D eigenvalue weighted by Gasteiger charge is -2.21. The van der Waals surface area contributed by atoms with E-state index in [1.165, 1.54) is 30.3 Å². The first-order chi connectivity index (χ1) is 26.8. The highest BCUT2D eigenvalue weighted by atomic mass is 32.2. The quantitative estimate of drug-likeness (QED) is 0.0114. The molecule has 15 nitrogen and oxygen atoms in total. The Morgan fingerprint density at radius 2 is 1.05 bits per heavy atom. The molecule has 0 heterocycles. The Kier molecular flexibility index (Phi) is 15.1. The normalized spacial score (nSPS) is 12.2. The molecule has 0 aliphatic rings. The van der Waals surface area contributed by atoms with Crippen LogP contribution in [0.4, 0.5) is 0 Å². The number of hydrogen-bond donors (Lipinski definition) is 6. The first-order valence-electron chi connectivity index (χ1n) is 18.1. The van der Waals surface area contributed by atoms with Crippen molar-refractivity contribution >= 4 is 74.3 Å². The van der Waals surface area contributed by atoms with Crippen molar-refractivity contribution in [2.45, 2.75) is 54.7 Å². The summed E-state index contributed by atoms with van der Waals surface area (Å²) in [5.74, 6) is -1.26. The van der Waals surface area contributed by atoms with Crippen molar-refractivity contribution in [3.63, 3.8) is 0 Å². The molecule has 6 N–H and O–H groups in total. The summed E-state index contributed by atoms with van der Waals surface area (Å²) < 4.78 is 97.4. The molecular weight excluding hydrogens is 793 g/mol. The number of ether oxygens (including phenoxy) is 1. The molecule has 0 aliphatic carbocycles. The Morgan fingerprint density at radius 3 is 1.51 bits per heavy atom. The smallest absolute Gasteiger partial charge is 0.308 e. The van der Waals surface area contributed by atoms with Gasteiger partial charge in [0, 0.05) is 95.8 Å². The number of esters is 1. The second kappa shape index (κ2) is 19.2. The lowest BCUT2D eigenvalue weighted by molar-refractivity contribution is -0.131. The van der Waals surface area contributed by atoms with Crippen LogP contribution in [-0.4, -0.2) is 82.9 Å². The third-order valence-electron chi connectivity index (χ3n) is 8.80. The van der Waals surface area contributed by atoms with Crippen molar-refractivity contribution < 1.29 is 39.6 Å². The van der Waals surface area contributed by atoms with Crippen LogP contribution < -0.4 is 34.9 Å². The second-order valence-electron chi connectivity index (χ2n) is 13.4. The van der Waals surface area contributed by atoms with E-state index in [4.69, 9.17) is 4.74 Å². The van der Waals surface area contributed by atoms with Crippen LogP contribution in [0.3, 0.4) is 0 Å². The lowest BCUT2D eigenvalue weighted by Crippen LogP contribution is -2.30. The van der Waals surface area contributed by atoms with Gasteiger partial charge < -0.3 is 20.7 Å². The Bertz CT molecular complexity index is 2550. The molecule has 0 atom stereocenters. The van der Waals surface area contributed by atoms with E-state index in [0.717, 1.165) is 18.6 Å². The Labute approximate surface area is 334 Å². The first kappa shape index (κ1) is 45.0. The largest absolute Gasteiger partial charge is 0.426 e. The minimum atomic E-state index is -4.40. The molecule has 0 bridgehead atoms. The summed E-state index contributed by atoms with van der Waals surface area (Å²) in [7, 11) is -13.1. The highest BCUT2D eigenvalue weighted by Gasteiger charge is 2.30. The van der Waals surface area contributed by atoms with Crippen molar-refractivity contribution in [3.05, 3.63) is 85.6 Å². The van der Waals surface area contributed by atoms with Crippen LogP contribution in [0.5, 0.6) is 5.75 Å². The summed E-state index contributed by atoms with van der Waals surface area (Å²) in [5, 5.41) is 9.69. The third kappa shape index (κ3) is 11.0. The number of carbonyl (C=O) groups excluding carboxylic acids is 2. The number of hydrogen-bond acceptors (Lipinski definition) is 11. The lowest BCUT2D eigenvalue weighted by atomic mass is 9.93. The molecule has 4 aromatic rings. The van der Waals surface area contributed by atoms with E-state index in [1.54, 1.807) is 19.9 Å². The zero-order chi connectivity index (χ0) is 42.1. The fourth-order valence-electron chi connectivity index (χ4n) is 5.96. The van der Waals surface area contributed by atoms with Gasteiger partial charge in [0.15, 0.2) is 0 Å². The number of allylic oxidation sites excluding steroid dienone is 1. The fourth-order valence-corrected chi connectivity index (χ4v) is 9.93. The average molecular weight is 843 g/mol. The summed E-state index contributed by atoms with van der Waals surface area (Å²) in [6.45, 7) is 20.9. The van der Waals surface area contributed by atoms with Gasteiger partial charge in [-0.15, -0.1) is 6.58 Å². The predicted molar refractivity (Wildman–Crippen MR) is 224 cm³/mol. The summed E-state index contributed by atoms with van der Waals surface area (Å²) in [6.07, 6.45) is 2.67. The van der Waals surface area contributed by atoms with Gasteiger partial charge in [-0.2, -0.15) is 0 Å². The Hall–Kier alpha value is -4.69. The van der Waals surface area contributed by atoms with Gasteiger partial charge in [-0.05, 0) is 57.4 Å². The van der Waals surface area contributed by atoms with Crippen LogP contribution >= 0.6 is 0 Å². The zero-order valence-corrected chi connectivity index (χ0v) is 34.8. The average Bonchev–Trinajstić information content (AvgIpc) is 3.14. The van der Waals surface area contributed by atoms with Crippen LogP contribution in [0.1, 0.15) is 40.0 Å². The van der Waals surface area contributed by atoms with E-state index in [0.29, 0.717) is 43.7 Å². The molecule has 0 saturated heterocycles. The number of carbonyl (C=O) groups is 2. The van der Waals surface area contributed by atoms with E-state index < -0.39 is 36.0 Å². The minimum absolute atomic E-state index is 0.0135. The topological polar surface area (TPSA) is 218 Å². The summed E-state index contributed by atoms with van der Waals surface area (Å²) >= 11 is 0. The maximum Gasteiger partial charge on any atom is 0.308 e. The van der Waals surface area contributed by atoms with Crippen molar-refractivity contribution in [1.29, 1.82) is 0 Å². The molecule has 0 unspecified atom stereocenters. The van der Waals surface area contributed by atoms with Crippen LogP contribution in [0.25, 0.3) is 32.3 Å². The summed E-state index contributed by atoms with van der Waals surface area (Å²) in [6, 6.07) is 8.16. The molecule has 0 radical (unpaired) electrons. The third-order valence-corrected chi connectivity index (χ3v) is 13.3. The van der Waals surface area contributed by atoms with Crippen LogP contribution in [0.15, 0.2) is 100 Å². The van der Waals surface area contributed by atoms with E-state index in [9.17, 15) is 34.8 Å². The summed E-state index contributed by atoms with van der Waals surface area (Å²) in [5.41, 5.74) is 1.64. The summed E-state index contributed by atoms with van der Waals surface area (Å²) in [4.78, 5) is 23.2. The molecule has 4 aromatic carbocycles. The molecule has 0 saturated carbocycles. The van der Waals surface area contributed by atoms with Crippen molar-refractivity contribution in [2.24, 2.45) is 0 Å². The molecule has 1 amide bonds. The van der Waals surface area contributed by atoms with E-state index in [2.05, 4.69) is 56.4 Å². The van der Waals surface area contributed by atoms with Crippen molar-refractivity contribution in [3.8, 4) is 5.75 Å². The van der Waals surface area contributed by atoms with Gasteiger partial charge in [-0.1, -0.05) is 44.0 Å².